The molecule has 1 rings (SSSR count). The van der Waals surface area contributed by atoms with Crippen LogP contribution in [0.2, 0.25) is 0 Å². The van der Waals surface area contributed by atoms with Crippen LogP contribution in [0.1, 0.15) is 42.1 Å². The van der Waals surface area contributed by atoms with E-state index in [0.29, 0.717) is 11.5 Å². The molecule has 76 valence electrons. The Hall–Kier alpha value is -1.35. The van der Waals surface area contributed by atoms with Gasteiger partial charge in [-0.25, -0.2) is 5.48 Å². The zero-order chi connectivity index (χ0) is 10.6. The minimum atomic E-state index is -0.472. The predicted molar refractivity (Wildman–Crippen MR) is 54.4 cm³/mol. The average molecular weight is 193 g/mol. The summed E-state index contributed by atoms with van der Waals surface area (Å²) in [5, 5.41) is 8.41. The van der Waals surface area contributed by atoms with Crippen molar-refractivity contribution in [3.63, 3.8) is 0 Å². The number of carbonyl (C=O) groups excluding carboxylic acids is 1. The Labute approximate surface area is 83.7 Å². The Morgan fingerprint density at radius 3 is 2.43 bits per heavy atom. The number of rotatable bonds is 3. The summed E-state index contributed by atoms with van der Waals surface area (Å²) < 4.78 is 0. The number of amides is 1. The molecule has 0 spiro atoms. The molecule has 3 heteroatoms. The number of carbonyl (C=O) groups is 1. The quantitative estimate of drug-likeness (QED) is 0.571. The lowest BCUT2D eigenvalue weighted by Gasteiger charge is -2.08. The van der Waals surface area contributed by atoms with E-state index < -0.39 is 5.91 Å². The van der Waals surface area contributed by atoms with Crippen LogP contribution in [0.5, 0.6) is 0 Å². The van der Waals surface area contributed by atoms with Crippen LogP contribution in [0.4, 0.5) is 0 Å². The van der Waals surface area contributed by atoms with Gasteiger partial charge in [-0.3, -0.25) is 10.0 Å². The smallest absolute Gasteiger partial charge is 0.274 e. The van der Waals surface area contributed by atoms with Gasteiger partial charge >= 0.3 is 0 Å². The maximum absolute atomic E-state index is 11.0. The van der Waals surface area contributed by atoms with Gasteiger partial charge in [-0.15, -0.1) is 0 Å². The van der Waals surface area contributed by atoms with E-state index in [1.165, 1.54) is 5.56 Å². The molecule has 1 aromatic carbocycles. The molecule has 1 aromatic rings. The van der Waals surface area contributed by atoms with Gasteiger partial charge in [-0.05, 0) is 30.0 Å². The van der Waals surface area contributed by atoms with Gasteiger partial charge < -0.3 is 0 Å². The second-order valence-corrected chi connectivity index (χ2v) is 3.37. The molecule has 2 N–H and O–H groups in total. The third-order valence-corrected chi connectivity index (χ3v) is 2.46. The van der Waals surface area contributed by atoms with E-state index in [0.717, 1.165) is 6.42 Å². The fourth-order valence-electron chi connectivity index (χ4n) is 1.26. The van der Waals surface area contributed by atoms with Crippen LogP contribution in [0.15, 0.2) is 24.3 Å². The number of benzene rings is 1. The third-order valence-electron chi connectivity index (χ3n) is 2.46. The summed E-state index contributed by atoms with van der Waals surface area (Å²) in [6, 6.07) is 7.26. The Balaban J connectivity index is 2.83. The molecule has 0 heterocycles. The molecule has 0 fully saturated rings. The van der Waals surface area contributed by atoms with Crippen LogP contribution in [0, 0.1) is 0 Å². The molecular weight excluding hydrogens is 178 g/mol. The maximum Gasteiger partial charge on any atom is 0.274 e. The summed E-state index contributed by atoms with van der Waals surface area (Å²) >= 11 is 0. The molecule has 0 aromatic heterocycles. The van der Waals surface area contributed by atoms with E-state index >= 15 is 0 Å². The topological polar surface area (TPSA) is 49.3 Å². The van der Waals surface area contributed by atoms with E-state index in [9.17, 15) is 4.79 Å². The lowest BCUT2D eigenvalue weighted by Crippen LogP contribution is -2.18. The van der Waals surface area contributed by atoms with Gasteiger partial charge in [0, 0.05) is 5.56 Å². The molecule has 1 atom stereocenters. The van der Waals surface area contributed by atoms with Gasteiger partial charge in [-0.2, -0.15) is 0 Å². The van der Waals surface area contributed by atoms with Gasteiger partial charge in [0.05, 0.1) is 0 Å². The normalized spacial score (nSPS) is 12.2. The maximum atomic E-state index is 11.0. The molecule has 3 nitrogen and oxygen atoms in total. The van der Waals surface area contributed by atoms with Crippen LogP contribution in [-0.2, 0) is 0 Å². The summed E-state index contributed by atoms with van der Waals surface area (Å²) in [6.45, 7) is 4.26. The van der Waals surface area contributed by atoms with Crippen LogP contribution >= 0.6 is 0 Å². The second kappa shape index (κ2) is 4.77. The first kappa shape index (κ1) is 10.7. The highest BCUT2D eigenvalue weighted by Crippen LogP contribution is 2.18. The van der Waals surface area contributed by atoms with Crippen LogP contribution < -0.4 is 5.48 Å². The van der Waals surface area contributed by atoms with E-state index in [-0.39, 0.29) is 0 Å². The largest absolute Gasteiger partial charge is 0.288 e. The zero-order valence-electron chi connectivity index (χ0n) is 8.45. The monoisotopic (exact) mass is 193 g/mol. The highest BCUT2D eigenvalue weighted by Gasteiger charge is 2.05. The van der Waals surface area contributed by atoms with Crippen molar-refractivity contribution in [3.8, 4) is 0 Å². The molecule has 0 bridgehead atoms. The molecule has 0 saturated heterocycles. The molecule has 0 aliphatic carbocycles. The summed E-state index contributed by atoms with van der Waals surface area (Å²) in [5.41, 5.74) is 3.29. The van der Waals surface area contributed by atoms with E-state index in [1.807, 2.05) is 12.1 Å². The summed E-state index contributed by atoms with van der Waals surface area (Å²) in [4.78, 5) is 11.0. The first-order valence-electron chi connectivity index (χ1n) is 4.73. The first-order chi connectivity index (χ1) is 6.69. The van der Waals surface area contributed by atoms with Crippen LogP contribution in [-0.4, -0.2) is 11.1 Å². The van der Waals surface area contributed by atoms with E-state index in [2.05, 4.69) is 13.8 Å². The molecule has 14 heavy (non-hydrogen) atoms. The molecule has 0 saturated carbocycles. The molecule has 1 unspecified atom stereocenters. The predicted octanol–water partition coefficient (Wildman–Crippen LogP) is 2.32. The van der Waals surface area contributed by atoms with Crippen molar-refractivity contribution in [1.82, 2.24) is 5.48 Å². The van der Waals surface area contributed by atoms with Crippen molar-refractivity contribution in [2.24, 2.45) is 0 Å². The third kappa shape index (κ3) is 2.33. The fourth-order valence-corrected chi connectivity index (χ4v) is 1.26. The molecule has 0 aliphatic heterocycles. The van der Waals surface area contributed by atoms with Crippen LogP contribution in [0.3, 0.4) is 0 Å². The van der Waals surface area contributed by atoms with E-state index in [4.69, 9.17) is 5.21 Å². The van der Waals surface area contributed by atoms with E-state index in [1.54, 1.807) is 17.6 Å². The number of nitrogens with one attached hydrogen (secondary N) is 1. The molecule has 0 radical (unpaired) electrons. The highest BCUT2D eigenvalue weighted by atomic mass is 16.5. The summed E-state index contributed by atoms with van der Waals surface area (Å²) in [7, 11) is 0. The second-order valence-electron chi connectivity index (χ2n) is 3.37. The van der Waals surface area contributed by atoms with Gasteiger partial charge in [-0.1, -0.05) is 26.0 Å². The number of hydrogen-bond donors (Lipinski definition) is 2. The Kier molecular flexibility index (Phi) is 3.65. The molecular formula is C11H15NO2. The van der Waals surface area contributed by atoms with Gasteiger partial charge in [0.25, 0.3) is 5.91 Å². The molecule has 0 aliphatic rings. The van der Waals surface area contributed by atoms with Crippen molar-refractivity contribution in [1.29, 1.82) is 0 Å². The average Bonchev–Trinajstić information content (AvgIpc) is 2.27. The van der Waals surface area contributed by atoms with Crippen molar-refractivity contribution < 1.29 is 10.0 Å². The SMILES string of the molecule is CCC(C)c1ccc(C(=O)NO)cc1. The Morgan fingerprint density at radius 2 is 2.00 bits per heavy atom. The minimum absolute atomic E-state index is 0.472. The number of hydroxylamine groups is 1. The van der Waals surface area contributed by atoms with Crippen molar-refractivity contribution >= 4 is 5.91 Å². The standard InChI is InChI=1S/C11H15NO2/c1-3-8(2)9-4-6-10(7-5-9)11(13)12-14/h4-8,14H,3H2,1-2H3,(H,12,13). The van der Waals surface area contributed by atoms with Gasteiger partial charge in [0.2, 0.25) is 0 Å². The van der Waals surface area contributed by atoms with Gasteiger partial charge in [0.1, 0.15) is 0 Å². The molecule has 1 amide bonds. The Morgan fingerprint density at radius 1 is 1.43 bits per heavy atom. The van der Waals surface area contributed by atoms with Crippen LogP contribution in [0.25, 0.3) is 0 Å². The van der Waals surface area contributed by atoms with Crippen molar-refractivity contribution in [2.75, 3.05) is 0 Å². The number of hydrogen-bond acceptors (Lipinski definition) is 2. The Bertz CT molecular complexity index is 306. The minimum Gasteiger partial charge on any atom is -0.288 e. The highest BCUT2D eigenvalue weighted by molar-refractivity contribution is 5.93. The summed E-state index contributed by atoms with van der Waals surface area (Å²) in [5.74, 6) is 0.0296. The lowest BCUT2D eigenvalue weighted by atomic mass is 9.97. The lowest BCUT2D eigenvalue weighted by molar-refractivity contribution is 0.0706. The van der Waals surface area contributed by atoms with Crippen molar-refractivity contribution in [2.45, 2.75) is 26.2 Å². The van der Waals surface area contributed by atoms with Crippen molar-refractivity contribution in [3.05, 3.63) is 35.4 Å². The summed E-state index contributed by atoms with van der Waals surface area (Å²) in [6.07, 6.45) is 1.07. The zero-order valence-corrected chi connectivity index (χ0v) is 8.45. The first-order valence-corrected chi connectivity index (χ1v) is 4.73. The van der Waals surface area contributed by atoms with Gasteiger partial charge in [0.15, 0.2) is 0 Å². The fraction of sp³-hybridized carbons (Fsp3) is 0.364.